The van der Waals surface area contributed by atoms with E-state index in [-0.39, 0.29) is 0 Å². The minimum atomic E-state index is 0.442. The van der Waals surface area contributed by atoms with Gasteiger partial charge in [0.15, 0.2) is 0 Å². The number of allylic oxidation sites excluding steroid dienone is 5. The van der Waals surface area contributed by atoms with Gasteiger partial charge >= 0.3 is 0 Å². The Morgan fingerprint density at radius 3 is 2.50 bits per heavy atom. The summed E-state index contributed by atoms with van der Waals surface area (Å²) in [6.45, 7) is 10.3. The first-order chi connectivity index (χ1) is 8.86. The molecule has 3 rings (SSSR count). The van der Waals surface area contributed by atoms with Crippen LogP contribution in [0.3, 0.4) is 0 Å². The summed E-state index contributed by atoms with van der Waals surface area (Å²) < 4.78 is 0. The van der Waals surface area contributed by atoms with Crippen LogP contribution in [0.25, 0.3) is 0 Å². The second-order valence-corrected chi connectivity index (χ2v) is 4.26. The molecule has 1 atom stereocenters. The molecule has 0 aromatic carbocycles. The first-order valence-corrected chi connectivity index (χ1v) is 7.41. The van der Waals surface area contributed by atoms with Crippen LogP contribution in [0.15, 0.2) is 46.7 Å². The maximum absolute atomic E-state index is 3.63. The van der Waals surface area contributed by atoms with Crippen molar-refractivity contribution >= 4 is 0 Å². The molecule has 1 N–H and O–H groups in total. The zero-order chi connectivity index (χ0) is 13.5. The van der Waals surface area contributed by atoms with Crippen LogP contribution in [0, 0.1) is 0 Å². The molecule has 0 bridgehead atoms. The summed E-state index contributed by atoms with van der Waals surface area (Å²) in [5, 5.41) is 3.63. The van der Waals surface area contributed by atoms with Crippen LogP contribution in [0.4, 0.5) is 0 Å². The van der Waals surface area contributed by atoms with Crippen molar-refractivity contribution in [3.63, 3.8) is 0 Å². The number of nitrogens with one attached hydrogen (secondary N) is 1. The summed E-state index contributed by atoms with van der Waals surface area (Å²) in [5.74, 6) is 0. The van der Waals surface area contributed by atoms with Gasteiger partial charge in [0.1, 0.15) is 0 Å². The predicted molar refractivity (Wildman–Crippen MR) is 81.5 cm³/mol. The molecule has 1 heteroatoms. The largest absolute Gasteiger partial charge is 0.378 e. The predicted octanol–water partition coefficient (Wildman–Crippen LogP) is 4.89. The molecule has 0 spiro atoms. The minimum Gasteiger partial charge on any atom is -0.378 e. The van der Waals surface area contributed by atoms with Crippen LogP contribution in [-0.2, 0) is 0 Å². The fourth-order valence-electron chi connectivity index (χ4n) is 2.70. The zero-order valence-corrected chi connectivity index (χ0v) is 12.5. The molecular weight excluding hydrogens is 218 g/mol. The number of rotatable bonds is 0. The topological polar surface area (TPSA) is 12.0 Å². The van der Waals surface area contributed by atoms with Gasteiger partial charge in [0, 0.05) is 5.70 Å². The highest BCUT2D eigenvalue weighted by Gasteiger charge is 2.26. The maximum Gasteiger partial charge on any atom is 0.0700 e. The van der Waals surface area contributed by atoms with Crippen molar-refractivity contribution in [3.05, 3.63) is 46.7 Å². The number of hydrogen-bond donors (Lipinski definition) is 1. The Hall–Kier alpha value is -1.24. The normalized spacial score (nSPS) is 23.3. The van der Waals surface area contributed by atoms with Gasteiger partial charge in [-0.3, -0.25) is 0 Å². The van der Waals surface area contributed by atoms with E-state index in [1.54, 1.807) is 5.57 Å². The molecule has 1 nitrogen and oxygen atoms in total. The van der Waals surface area contributed by atoms with Gasteiger partial charge < -0.3 is 5.32 Å². The van der Waals surface area contributed by atoms with Crippen molar-refractivity contribution in [2.24, 2.45) is 0 Å². The number of fused-ring (bicyclic) bond motifs is 1. The van der Waals surface area contributed by atoms with Crippen molar-refractivity contribution in [1.29, 1.82) is 0 Å². The molecule has 0 aromatic heterocycles. The lowest BCUT2D eigenvalue weighted by Gasteiger charge is -2.29. The first-order valence-electron chi connectivity index (χ1n) is 7.41. The number of hydrogen-bond acceptors (Lipinski definition) is 1. The summed E-state index contributed by atoms with van der Waals surface area (Å²) in [5.41, 5.74) is 6.06. The first kappa shape index (κ1) is 14.8. The fraction of sp³-hybridized carbons (Fsp3) is 0.529. The van der Waals surface area contributed by atoms with Crippen LogP contribution >= 0.6 is 0 Å². The Labute approximate surface area is 112 Å². The average molecular weight is 245 g/mol. The van der Waals surface area contributed by atoms with Crippen LogP contribution < -0.4 is 5.32 Å². The van der Waals surface area contributed by atoms with Gasteiger partial charge in [0.05, 0.1) is 6.04 Å². The summed E-state index contributed by atoms with van der Waals surface area (Å²) in [7, 11) is 0. The van der Waals surface area contributed by atoms with Crippen LogP contribution in [0.2, 0.25) is 0 Å². The highest BCUT2D eigenvalue weighted by atomic mass is 14.9. The van der Waals surface area contributed by atoms with Crippen molar-refractivity contribution in [1.82, 2.24) is 5.32 Å². The smallest absolute Gasteiger partial charge is 0.0700 e. The van der Waals surface area contributed by atoms with E-state index >= 15 is 0 Å². The molecule has 3 aliphatic rings. The molecule has 0 radical (unpaired) electrons. The average Bonchev–Trinajstić information content (AvgIpc) is 2.92. The van der Waals surface area contributed by atoms with Gasteiger partial charge in [0.25, 0.3) is 0 Å². The summed E-state index contributed by atoms with van der Waals surface area (Å²) in [4.78, 5) is 0. The SMILES string of the molecule is CC.CC.CC1=C2C=CC=CC2NC2=C1CCC2. The van der Waals surface area contributed by atoms with Gasteiger partial charge in [-0.25, -0.2) is 0 Å². The molecule has 0 amide bonds. The highest BCUT2D eigenvalue weighted by Crippen LogP contribution is 2.37. The van der Waals surface area contributed by atoms with E-state index in [1.807, 2.05) is 27.7 Å². The van der Waals surface area contributed by atoms with Gasteiger partial charge in [-0.15, -0.1) is 0 Å². The highest BCUT2D eigenvalue weighted by molar-refractivity contribution is 5.52. The molecule has 0 saturated heterocycles. The Morgan fingerprint density at radius 2 is 1.78 bits per heavy atom. The van der Waals surface area contributed by atoms with E-state index in [2.05, 4.69) is 36.5 Å². The van der Waals surface area contributed by atoms with Crippen molar-refractivity contribution in [3.8, 4) is 0 Å². The molecule has 0 saturated carbocycles. The Balaban J connectivity index is 0.000000371. The molecule has 1 heterocycles. The quantitative estimate of drug-likeness (QED) is 0.640. The van der Waals surface area contributed by atoms with Gasteiger partial charge in [-0.1, -0.05) is 52.0 Å². The second kappa shape index (κ2) is 7.25. The Kier molecular flexibility index (Phi) is 5.97. The third kappa shape index (κ3) is 2.77. The third-order valence-electron chi connectivity index (χ3n) is 3.46. The molecule has 100 valence electrons. The molecule has 18 heavy (non-hydrogen) atoms. The van der Waals surface area contributed by atoms with Crippen molar-refractivity contribution in [2.75, 3.05) is 0 Å². The summed E-state index contributed by atoms with van der Waals surface area (Å²) >= 11 is 0. The molecular formula is C17H27N. The second-order valence-electron chi connectivity index (χ2n) is 4.26. The molecule has 1 aliphatic heterocycles. The van der Waals surface area contributed by atoms with E-state index in [0.29, 0.717) is 6.04 Å². The van der Waals surface area contributed by atoms with E-state index in [9.17, 15) is 0 Å². The number of dihydropyridines is 1. The van der Waals surface area contributed by atoms with E-state index in [1.165, 1.54) is 36.1 Å². The maximum atomic E-state index is 3.63. The monoisotopic (exact) mass is 245 g/mol. The lowest BCUT2D eigenvalue weighted by Crippen LogP contribution is -2.32. The fourth-order valence-corrected chi connectivity index (χ4v) is 2.70. The van der Waals surface area contributed by atoms with Crippen LogP contribution in [0.1, 0.15) is 53.9 Å². The summed E-state index contributed by atoms with van der Waals surface area (Å²) in [6.07, 6.45) is 12.6. The lowest BCUT2D eigenvalue weighted by molar-refractivity contribution is 0.709. The van der Waals surface area contributed by atoms with E-state index in [0.717, 1.165) is 0 Å². The standard InChI is InChI=1S/C13H15N.2C2H6/c1-9-10-5-2-3-7-12(10)14-13-8-4-6-11(9)13;2*1-2/h2-3,5,7,12,14H,4,6,8H2,1H3;2*1-2H3. The Bertz CT molecular complexity index is 394. The van der Waals surface area contributed by atoms with Gasteiger partial charge in [-0.2, -0.15) is 0 Å². The third-order valence-corrected chi connectivity index (χ3v) is 3.46. The van der Waals surface area contributed by atoms with Crippen LogP contribution in [-0.4, -0.2) is 6.04 Å². The van der Waals surface area contributed by atoms with Crippen molar-refractivity contribution < 1.29 is 0 Å². The van der Waals surface area contributed by atoms with E-state index in [4.69, 9.17) is 0 Å². The zero-order valence-electron chi connectivity index (χ0n) is 12.5. The van der Waals surface area contributed by atoms with E-state index < -0.39 is 0 Å². The van der Waals surface area contributed by atoms with Gasteiger partial charge in [-0.05, 0) is 42.9 Å². The molecule has 2 aliphatic carbocycles. The molecule has 1 unspecified atom stereocenters. The van der Waals surface area contributed by atoms with Gasteiger partial charge in [0.2, 0.25) is 0 Å². The molecule has 0 fully saturated rings. The molecule has 0 aromatic rings. The van der Waals surface area contributed by atoms with Crippen molar-refractivity contribution in [2.45, 2.75) is 59.9 Å². The lowest BCUT2D eigenvalue weighted by atomic mass is 9.89. The Morgan fingerprint density at radius 1 is 1.06 bits per heavy atom. The van der Waals surface area contributed by atoms with Crippen LogP contribution in [0.5, 0.6) is 0 Å². The summed E-state index contributed by atoms with van der Waals surface area (Å²) in [6, 6.07) is 0.442. The minimum absolute atomic E-state index is 0.442.